The van der Waals surface area contributed by atoms with Crippen LogP contribution in [0.4, 0.5) is 4.39 Å². The van der Waals surface area contributed by atoms with E-state index in [0.717, 1.165) is 5.56 Å². The van der Waals surface area contributed by atoms with Crippen LogP contribution in [0.15, 0.2) is 22.7 Å². The molecule has 1 aromatic carbocycles. The van der Waals surface area contributed by atoms with Crippen LogP contribution in [-0.2, 0) is 15.9 Å². The quantitative estimate of drug-likeness (QED) is 0.893. The summed E-state index contributed by atoms with van der Waals surface area (Å²) in [6.07, 6.45) is 0.0395. The smallest absolute Gasteiger partial charge is 0.304 e. The molecule has 0 aliphatic carbocycles. The van der Waals surface area contributed by atoms with Gasteiger partial charge in [0.05, 0.1) is 6.42 Å². The van der Waals surface area contributed by atoms with Crippen molar-refractivity contribution in [3.8, 4) is 0 Å². The number of carbonyl (C=O) groups is 1. The fourth-order valence-corrected chi connectivity index (χ4v) is 2.75. The Morgan fingerprint density at radius 2 is 1.89 bits per heavy atom. The molecule has 100 valence electrons. The van der Waals surface area contributed by atoms with Crippen LogP contribution in [0.1, 0.15) is 45.2 Å². The summed E-state index contributed by atoms with van der Waals surface area (Å²) in [5.41, 5.74) is -0.455. The van der Waals surface area contributed by atoms with Gasteiger partial charge in [-0.3, -0.25) is 4.79 Å². The second-order valence-corrected chi connectivity index (χ2v) is 6.48. The van der Waals surface area contributed by atoms with Gasteiger partial charge in [0.2, 0.25) is 0 Å². The molecular formula is C14H18BrFO2. The molecule has 0 fully saturated rings. The van der Waals surface area contributed by atoms with Crippen LogP contribution >= 0.6 is 15.9 Å². The SMILES string of the molecule is CC(C)(F)c1ccc(C(C)(C)CC(=O)O)cc1Br. The van der Waals surface area contributed by atoms with Gasteiger partial charge in [-0.05, 0) is 25.5 Å². The maximum absolute atomic E-state index is 13.9. The summed E-state index contributed by atoms with van der Waals surface area (Å²) in [6, 6.07) is 5.31. The molecule has 0 aliphatic rings. The molecule has 0 bridgehead atoms. The summed E-state index contributed by atoms with van der Waals surface area (Å²) in [7, 11) is 0. The second-order valence-electron chi connectivity index (χ2n) is 5.62. The van der Waals surface area contributed by atoms with Crippen LogP contribution in [0.25, 0.3) is 0 Å². The fraction of sp³-hybridized carbons (Fsp3) is 0.500. The van der Waals surface area contributed by atoms with Crippen LogP contribution in [0, 0.1) is 0 Å². The third kappa shape index (κ3) is 3.55. The number of carboxylic acid groups (broad SMARTS) is 1. The van der Waals surface area contributed by atoms with Crippen LogP contribution in [0.2, 0.25) is 0 Å². The molecule has 1 rings (SSSR count). The van der Waals surface area contributed by atoms with E-state index in [9.17, 15) is 9.18 Å². The van der Waals surface area contributed by atoms with Gasteiger partial charge in [0, 0.05) is 15.5 Å². The Kier molecular flexibility index (Phi) is 4.21. The molecule has 0 aliphatic heterocycles. The van der Waals surface area contributed by atoms with Crippen molar-refractivity contribution in [1.82, 2.24) is 0 Å². The lowest BCUT2D eigenvalue weighted by Crippen LogP contribution is -2.22. The fourth-order valence-electron chi connectivity index (χ4n) is 1.90. The first-order valence-corrected chi connectivity index (χ1v) is 6.54. The van der Waals surface area contributed by atoms with Gasteiger partial charge in [0.25, 0.3) is 0 Å². The van der Waals surface area contributed by atoms with Crippen molar-refractivity contribution in [3.05, 3.63) is 33.8 Å². The summed E-state index contributed by atoms with van der Waals surface area (Å²) < 4.78 is 14.6. The molecule has 0 radical (unpaired) electrons. The number of carboxylic acids is 1. The van der Waals surface area contributed by atoms with E-state index in [1.165, 1.54) is 13.8 Å². The predicted octanol–water partition coefficient (Wildman–Crippen LogP) is 4.41. The van der Waals surface area contributed by atoms with E-state index in [2.05, 4.69) is 15.9 Å². The molecule has 0 unspecified atom stereocenters. The minimum absolute atomic E-state index is 0.0395. The van der Waals surface area contributed by atoms with Crippen LogP contribution in [-0.4, -0.2) is 11.1 Å². The van der Waals surface area contributed by atoms with Crippen molar-refractivity contribution < 1.29 is 14.3 Å². The molecule has 4 heteroatoms. The number of halogens is 2. The van der Waals surface area contributed by atoms with Crippen molar-refractivity contribution in [3.63, 3.8) is 0 Å². The molecular weight excluding hydrogens is 299 g/mol. The largest absolute Gasteiger partial charge is 0.481 e. The van der Waals surface area contributed by atoms with Crippen molar-refractivity contribution in [2.45, 2.75) is 45.2 Å². The average Bonchev–Trinajstić information content (AvgIpc) is 2.13. The molecule has 1 aromatic rings. The molecule has 0 atom stereocenters. The van der Waals surface area contributed by atoms with Crippen molar-refractivity contribution in [2.75, 3.05) is 0 Å². The standard InChI is InChI=1S/C14H18BrFO2/c1-13(2,8-12(17)18)9-5-6-10(11(15)7-9)14(3,4)16/h5-7H,8H2,1-4H3,(H,17,18). The topological polar surface area (TPSA) is 37.3 Å². The van der Waals surface area contributed by atoms with Crippen molar-refractivity contribution in [1.29, 1.82) is 0 Å². The van der Waals surface area contributed by atoms with E-state index in [1.807, 2.05) is 13.8 Å². The highest BCUT2D eigenvalue weighted by atomic mass is 79.9. The van der Waals surface area contributed by atoms with Gasteiger partial charge in [-0.15, -0.1) is 0 Å². The highest BCUT2D eigenvalue weighted by molar-refractivity contribution is 9.10. The maximum atomic E-state index is 13.9. The minimum Gasteiger partial charge on any atom is -0.481 e. The van der Waals surface area contributed by atoms with E-state index in [1.54, 1.807) is 18.2 Å². The molecule has 0 aromatic heterocycles. The average molecular weight is 317 g/mol. The minimum atomic E-state index is -1.42. The lowest BCUT2D eigenvalue weighted by atomic mass is 9.81. The molecule has 18 heavy (non-hydrogen) atoms. The molecule has 0 saturated heterocycles. The predicted molar refractivity (Wildman–Crippen MR) is 73.6 cm³/mol. The number of aliphatic carboxylic acids is 1. The van der Waals surface area contributed by atoms with Crippen molar-refractivity contribution >= 4 is 21.9 Å². The lowest BCUT2D eigenvalue weighted by Gasteiger charge is -2.25. The Bertz CT molecular complexity index is 461. The maximum Gasteiger partial charge on any atom is 0.304 e. The highest BCUT2D eigenvalue weighted by Crippen LogP contribution is 2.35. The molecule has 0 spiro atoms. The zero-order chi connectivity index (χ0) is 14.1. The molecule has 0 amide bonds. The zero-order valence-corrected chi connectivity index (χ0v) is 12.6. The molecule has 1 N–H and O–H groups in total. The van der Waals surface area contributed by atoms with Gasteiger partial charge >= 0.3 is 5.97 Å². The summed E-state index contributed by atoms with van der Waals surface area (Å²) in [5.74, 6) is -0.842. The number of benzene rings is 1. The molecule has 0 saturated carbocycles. The first kappa shape index (κ1) is 15.2. The Morgan fingerprint density at radius 3 is 2.28 bits per heavy atom. The number of alkyl halides is 1. The van der Waals surface area contributed by atoms with Gasteiger partial charge in [-0.1, -0.05) is 41.9 Å². The van der Waals surface area contributed by atoms with E-state index in [0.29, 0.717) is 10.0 Å². The number of hydrogen-bond donors (Lipinski definition) is 1. The molecule has 0 heterocycles. The normalized spacial score (nSPS) is 12.6. The van der Waals surface area contributed by atoms with Crippen LogP contribution in [0.5, 0.6) is 0 Å². The Labute approximate surface area is 115 Å². The van der Waals surface area contributed by atoms with Crippen LogP contribution in [0.3, 0.4) is 0 Å². The van der Waals surface area contributed by atoms with E-state index >= 15 is 0 Å². The first-order chi connectivity index (χ1) is 8.04. The Morgan fingerprint density at radius 1 is 1.33 bits per heavy atom. The van der Waals surface area contributed by atoms with Gasteiger partial charge in [0.1, 0.15) is 5.67 Å². The first-order valence-electron chi connectivity index (χ1n) is 5.75. The Hall–Kier alpha value is -0.900. The molecule has 2 nitrogen and oxygen atoms in total. The second kappa shape index (κ2) is 5.00. The number of hydrogen-bond acceptors (Lipinski definition) is 1. The summed E-state index contributed by atoms with van der Waals surface area (Å²) in [4.78, 5) is 10.8. The summed E-state index contributed by atoms with van der Waals surface area (Å²) >= 11 is 3.35. The van der Waals surface area contributed by atoms with Gasteiger partial charge in [-0.25, -0.2) is 4.39 Å². The summed E-state index contributed by atoms with van der Waals surface area (Å²) in [5, 5.41) is 8.89. The third-order valence-electron chi connectivity index (χ3n) is 2.98. The lowest BCUT2D eigenvalue weighted by molar-refractivity contribution is -0.138. The van der Waals surface area contributed by atoms with Crippen molar-refractivity contribution in [2.24, 2.45) is 0 Å². The van der Waals surface area contributed by atoms with Crippen LogP contribution < -0.4 is 0 Å². The highest BCUT2D eigenvalue weighted by Gasteiger charge is 2.27. The van der Waals surface area contributed by atoms with E-state index in [4.69, 9.17) is 5.11 Å². The number of rotatable bonds is 4. The monoisotopic (exact) mass is 316 g/mol. The van der Waals surface area contributed by atoms with Gasteiger partial charge < -0.3 is 5.11 Å². The van der Waals surface area contributed by atoms with E-state index in [-0.39, 0.29) is 6.42 Å². The van der Waals surface area contributed by atoms with E-state index < -0.39 is 17.1 Å². The van der Waals surface area contributed by atoms with Gasteiger partial charge in [0.15, 0.2) is 0 Å². The Balaban J connectivity index is 3.15. The zero-order valence-electron chi connectivity index (χ0n) is 11.1. The third-order valence-corrected chi connectivity index (χ3v) is 3.64. The van der Waals surface area contributed by atoms with Gasteiger partial charge in [-0.2, -0.15) is 0 Å². The summed E-state index contributed by atoms with van der Waals surface area (Å²) in [6.45, 7) is 6.72.